The smallest absolute Gasteiger partial charge is 0.254 e. The molecule has 0 saturated heterocycles. The van der Waals surface area contributed by atoms with Crippen molar-refractivity contribution >= 4 is 11.7 Å². The van der Waals surface area contributed by atoms with E-state index in [0.29, 0.717) is 30.6 Å². The molecule has 2 aromatic rings. The Labute approximate surface area is 135 Å². The molecule has 118 valence electrons. The fourth-order valence-electron chi connectivity index (χ4n) is 2.84. The Kier molecular flexibility index (Phi) is 4.15. The second kappa shape index (κ2) is 6.24. The standard InChI is InChI=1S/C19H19NO3/c1-3-18(21)14-6-9-17-15(10-14)12-20(19(17)22)11-13-4-7-16(23-2)8-5-13/h4-10H,3,11-12H2,1-2H3. The SMILES string of the molecule is CCC(=O)c1ccc2c(c1)CN(Cc1ccc(OC)cc1)C2=O. The van der Waals surface area contributed by atoms with E-state index < -0.39 is 0 Å². The molecule has 4 heteroatoms. The molecule has 0 atom stereocenters. The van der Waals surface area contributed by atoms with Gasteiger partial charge in [0.2, 0.25) is 0 Å². The van der Waals surface area contributed by atoms with Crippen LogP contribution in [0.25, 0.3) is 0 Å². The number of carbonyl (C=O) groups excluding carboxylic acids is 2. The summed E-state index contributed by atoms with van der Waals surface area (Å²) in [6.45, 7) is 2.94. The summed E-state index contributed by atoms with van der Waals surface area (Å²) >= 11 is 0. The molecule has 1 amide bonds. The predicted octanol–water partition coefficient (Wildman–Crippen LogP) is 3.44. The highest BCUT2D eigenvalue weighted by Gasteiger charge is 2.27. The van der Waals surface area contributed by atoms with Gasteiger partial charge < -0.3 is 9.64 Å². The van der Waals surface area contributed by atoms with Crippen LogP contribution in [0.1, 0.15) is 45.2 Å². The van der Waals surface area contributed by atoms with Crippen molar-refractivity contribution in [1.82, 2.24) is 4.90 Å². The number of rotatable bonds is 5. The zero-order valence-corrected chi connectivity index (χ0v) is 13.3. The van der Waals surface area contributed by atoms with Crippen molar-refractivity contribution in [3.05, 3.63) is 64.7 Å². The zero-order chi connectivity index (χ0) is 16.4. The Balaban J connectivity index is 1.78. The van der Waals surface area contributed by atoms with Gasteiger partial charge in [0, 0.05) is 30.6 Å². The lowest BCUT2D eigenvalue weighted by Crippen LogP contribution is -2.23. The molecular formula is C19H19NO3. The largest absolute Gasteiger partial charge is 0.497 e. The van der Waals surface area contributed by atoms with Crippen LogP contribution in [0, 0.1) is 0 Å². The van der Waals surface area contributed by atoms with Gasteiger partial charge in [-0.15, -0.1) is 0 Å². The first-order valence-corrected chi connectivity index (χ1v) is 7.70. The van der Waals surface area contributed by atoms with Crippen LogP contribution in [0.2, 0.25) is 0 Å². The minimum atomic E-state index is 0.0197. The van der Waals surface area contributed by atoms with E-state index >= 15 is 0 Å². The summed E-state index contributed by atoms with van der Waals surface area (Å²) in [5, 5.41) is 0. The number of amides is 1. The fraction of sp³-hybridized carbons (Fsp3) is 0.263. The van der Waals surface area contributed by atoms with Crippen molar-refractivity contribution in [1.29, 1.82) is 0 Å². The van der Waals surface area contributed by atoms with Crippen LogP contribution < -0.4 is 4.74 Å². The number of nitrogens with zero attached hydrogens (tertiary/aromatic N) is 1. The van der Waals surface area contributed by atoms with Crippen molar-refractivity contribution in [3.63, 3.8) is 0 Å². The van der Waals surface area contributed by atoms with Crippen LogP contribution in [0.4, 0.5) is 0 Å². The number of ether oxygens (including phenoxy) is 1. The van der Waals surface area contributed by atoms with Gasteiger partial charge in [-0.25, -0.2) is 0 Å². The van der Waals surface area contributed by atoms with Crippen molar-refractivity contribution < 1.29 is 14.3 Å². The van der Waals surface area contributed by atoms with Gasteiger partial charge in [0.05, 0.1) is 7.11 Å². The molecule has 0 saturated carbocycles. The van der Waals surface area contributed by atoms with Crippen LogP contribution in [0.3, 0.4) is 0 Å². The van der Waals surface area contributed by atoms with Crippen LogP contribution in [0.5, 0.6) is 5.75 Å². The van der Waals surface area contributed by atoms with E-state index in [9.17, 15) is 9.59 Å². The molecule has 0 fully saturated rings. The first kappa shape index (κ1) is 15.3. The van der Waals surface area contributed by atoms with Gasteiger partial charge >= 0.3 is 0 Å². The third kappa shape index (κ3) is 2.97. The highest BCUT2D eigenvalue weighted by Crippen LogP contribution is 2.26. The van der Waals surface area contributed by atoms with Gasteiger partial charge in [0.15, 0.2) is 5.78 Å². The summed E-state index contributed by atoms with van der Waals surface area (Å²) in [7, 11) is 1.63. The minimum Gasteiger partial charge on any atom is -0.497 e. The summed E-state index contributed by atoms with van der Waals surface area (Å²) in [5.74, 6) is 0.924. The van der Waals surface area contributed by atoms with E-state index in [-0.39, 0.29) is 11.7 Å². The van der Waals surface area contributed by atoms with Crippen molar-refractivity contribution in [2.75, 3.05) is 7.11 Å². The molecular weight excluding hydrogens is 290 g/mol. The maximum absolute atomic E-state index is 12.5. The molecule has 1 aliphatic rings. The molecule has 0 spiro atoms. The van der Waals surface area contributed by atoms with Crippen molar-refractivity contribution in [2.45, 2.75) is 26.4 Å². The second-order valence-corrected chi connectivity index (χ2v) is 5.66. The van der Waals surface area contributed by atoms with Gasteiger partial charge in [-0.05, 0) is 35.4 Å². The van der Waals surface area contributed by atoms with Crippen molar-refractivity contribution in [3.8, 4) is 5.75 Å². The average Bonchev–Trinajstić information content (AvgIpc) is 2.90. The van der Waals surface area contributed by atoms with Crippen LogP contribution >= 0.6 is 0 Å². The number of fused-ring (bicyclic) bond motifs is 1. The number of carbonyl (C=O) groups is 2. The zero-order valence-electron chi connectivity index (χ0n) is 13.3. The molecule has 1 heterocycles. The van der Waals surface area contributed by atoms with Gasteiger partial charge in [0.1, 0.15) is 5.75 Å². The fourth-order valence-corrected chi connectivity index (χ4v) is 2.84. The van der Waals surface area contributed by atoms with Crippen LogP contribution in [0.15, 0.2) is 42.5 Å². The Morgan fingerprint density at radius 2 is 1.91 bits per heavy atom. The van der Waals surface area contributed by atoms with Crippen molar-refractivity contribution in [2.24, 2.45) is 0 Å². The quantitative estimate of drug-likeness (QED) is 0.795. The van der Waals surface area contributed by atoms with E-state index in [0.717, 1.165) is 16.9 Å². The Bertz CT molecular complexity index is 750. The summed E-state index contributed by atoms with van der Waals surface area (Å²) in [6.07, 6.45) is 0.474. The number of hydrogen-bond donors (Lipinski definition) is 0. The lowest BCUT2D eigenvalue weighted by Gasteiger charge is -2.15. The highest BCUT2D eigenvalue weighted by molar-refractivity contribution is 6.01. The Morgan fingerprint density at radius 3 is 2.57 bits per heavy atom. The first-order chi connectivity index (χ1) is 11.1. The van der Waals surface area contributed by atoms with E-state index in [1.54, 1.807) is 24.1 Å². The summed E-state index contributed by atoms with van der Waals surface area (Å²) < 4.78 is 5.14. The monoisotopic (exact) mass is 309 g/mol. The molecule has 1 aliphatic heterocycles. The third-order valence-corrected chi connectivity index (χ3v) is 4.16. The van der Waals surface area contributed by atoms with E-state index in [1.165, 1.54) is 0 Å². The predicted molar refractivity (Wildman–Crippen MR) is 87.6 cm³/mol. The van der Waals surface area contributed by atoms with E-state index in [4.69, 9.17) is 4.74 Å². The molecule has 0 unspecified atom stereocenters. The van der Waals surface area contributed by atoms with E-state index in [1.807, 2.05) is 37.3 Å². The third-order valence-electron chi connectivity index (χ3n) is 4.16. The lowest BCUT2D eigenvalue weighted by molar-refractivity contribution is 0.0766. The summed E-state index contributed by atoms with van der Waals surface area (Å²) in [5.41, 5.74) is 3.37. The Morgan fingerprint density at radius 1 is 1.17 bits per heavy atom. The van der Waals surface area contributed by atoms with Crippen LogP contribution in [-0.2, 0) is 13.1 Å². The van der Waals surface area contributed by atoms with Gasteiger partial charge in [-0.3, -0.25) is 9.59 Å². The Hall–Kier alpha value is -2.62. The molecule has 0 aromatic heterocycles. The number of ketones is 1. The average molecular weight is 309 g/mol. The topological polar surface area (TPSA) is 46.6 Å². The first-order valence-electron chi connectivity index (χ1n) is 7.70. The van der Waals surface area contributed by atoms with Gasteiger partial charge in [-0.1, -0.05) is 25.1 Å². The molecule has 2 aromatic carbocycles. The van der Waals surface area contributed by atoms with Gasteiger partial charge in [-0.2, -0.15) is 0 Å². The maximum Gasteiger partial charge on any atom is 0.254 e. The maximum atomic E-state index is 12.5. The molecule has 0 aliphatic carbocycles. The molecule has 0 radical (unpaired) electrons. The lowest BCUT2D eigenvalue weighted by atomic mass is 10.0. The molecule has 3 rings (SSSR count). The summed E-state index contributed by atoms with van der Waals surface area (Å²) in [6, 6.07) is 13.1. The second-order valence-electron chi connectivity index (χ2n) is 5.66. The number of methoxy groups -OCH3 is 1. The highest BCUT2D eigenvalue weighted by atomic mass is 16.5. The number of hydrogen-bond acceptors (Lipinski definition) is 3. The molecule has 0 bridgehead atoms. The number of benzene rings is 2. The minimum absolute atomic E-state index is 0.0197. The number of Topliss-reactive ketones (excluding diaryl/α,β-unsaturated/α-hetero) is 1. The molecule has 4 nitrogen and oxygen atoms in total. The molecule has 23 heavy (non-hydrogen) atoms. The van der Waals surface area contributed by atoms with E-state index in [2.05, 4.69) is 0 Å². The van der Waals surface area contributed by atoms with Gasteiger partial charge in [0.25, 0.3) is 5.91 Å². The normalized spacial score (nSPS) is 13.1. The summed E-state index contributed by atoms with van der Waals surface area (Å²) in [4.78, 5) is 26.1. The molecule has 0 N–H and O–H groups in total. The van der Waals surface area contributed by atoms with Crippen LogP contribution in [-0.4, -0.2) is 23.7 Å².